The van der Waals surface area contributed by atoms with Crippen molar-refractivity contribution in [3.05, 3.63) is 65.4 Å². The Morgan fingerprint density at radius 1 is 0.926 bits per heavy atom. The van der Waals surface area contributed by atoms with Crippen LogP contribution in [0.5, 0.6) is 0 Å². The highest BCUT2D eigenvalue weighted by Gasteiger charge is 2.10. The summed E-state index contributed by atoms with van der Waals surface area (Å²) in [4.78, 5) is 12.9. The first kappa shape index (κ1) is 17.0. The Hall–Kier alpha value is -3.48. The molecule has 0 radical (unpaired) electrons. The smallest absolute Gasteiger partial charge is 0.229 e. The molecule has 0 unspecified atom stereocenters. The third kappa shape index (κ3) is 3.44. The van der Waals surface area contributed by atoms with Gasteiger partial charge >= 0.3 is 0 Å². The number of hydrogen-bond donors (Lipinski definition) is 2. The number of oxazole rings is 1. The second-order valence-electron chi connectivity index (χ2n) is 6.43. The number of fused-ring (bicyclic) bond motifs is 1. The van der Waals surface area contributed by atoms with E-state index in [1.165, 1.54) is 12.5 Å². The van der Waals surface area contributed by atoms with Crippen LogP contribution in [-0.2, 0) is 0 Å². The number of anilines is 4. The Labute approximate surface area is 155 Å². The Morgan fingerprint density at radius 2 is 1.74 bits per heavy atom. The minimum absolute atomic E-state index is 0.313. The third-order valence-corrected chi connectivity index (χ3v) is 4.39. The van der Waals surface area contributed by atoms with Crippen LogP contribution < -0.4 is 10.6 Å². The zero-order chi connectivity index (χ0) is 19.0. The van der Waals surface area contributed by atoms with Crippen LogP contribution in [0.4, 0.5) is 27.5 Å². The molecule has 2 aromatic heterocycles. The number of rotatable bonds is 4. The first-order valence-electron chi connectivity index (χ1n) is 8.47. The summed E-state index contributed by atoms with van der Waals surface area (Å²) in [6.45, 7) is 5.71. The lowest BCUT2D eigenvalue weighted by atomic mass is 10.1. The van der Waals surface area contributed by atoms with E-state index in [-0.39, 0.29) is 5.82 Å². The second-order valence-corrected chi connectivity index (χ2v) is 6.43. The van der Waals surface area contributed by atoms with Crippen molar-refractivity contribution in [1.82, 2.24) is 15.0 Å². The van der Waals surface area contributed by atoms with Gasteiger partial charge in [0.05, 0.1) is 5.69 Å². The lowest BCUT2D eigenvalue weighted by Gasteiger charge is -2.12. The van der Waals surface area contributed by atoms with E-state index >= 15 is 0 Å². The van der Waals surface area contributed by atoms with Crippen LogP contribution in [0.25, 0.3) is 11.1 Å². The lowest BCUT2D eigenvalue weighted by Crippen LogP contribution is -2.04. The van der Waals surface area contributed by atoms with Crippen molar-refractivity contribution < 1.29 is 8.81 Å². The molecule has 136 valence electrons. The standard InChI is InChI=1S/C20H18FN5O/c1-11-6-15(21)16(7-12(11)2)25-20-22-9-13(3)19(26-20)24-14-4-5-18-17(8-14)23-10-27-18/h4-10H,1-3H3,(H2,22,24,25,26). The van der Waals surface area contributed by atoms with E-state index in [9.17, 15) is 4.39 Å². The van der Waals surface area contributed by atoms with Gasteiger partial charge in [0, 0.05) is 17.4 Å². The SMILES string of the molecule is Cc1cc(F)c(Nc2ncc(C)c(Nc3ccc4ocnc4c3)n2)cc1C. The summed E-state index contributed by atoms with van der Waals surface area (Å²) in [5.74, 6) is 0.598. The summed E-state index contributed by atoms with van der Waals surface area (Å²) < 4.78 is 19.5. The molecule has 6 nitrogen and oxygen atoms in total. The molecule has 0 atom stereocenters. The van der Waals surface area contributed by atoms with Gasteiger partial charge in [-0.15, -0.1) is 0 Å². The van der Waals surface area contributed by atoms with E-state index in [4.69, 9.17) is 4.42 Å². The molecule has 0 saturated heterocycles. The minimum Gasteiger partial charge on any atom is -0.443 e. The van der Waals surface area contributed by atoms with Crippen LogP contribution in [-0.4, -0.2) is 15.0 Å². The Bertz CT molecular complexity index is 1140. The van der Waals surface area contributed by atoms with Crippen LogP contribution >= 0.6 is 0 Å². The number of benzene rings is 2. The number of aryl methyl sites for hydroxylation is 3. The molecule has 0 saturated carbocycles. The van der Waals surface area contributed by atoms with Crippen molar-refractivity contribution in [3.63, 3.8) is 0 Å². The maximum atomic E-state index is 14.2. The molecule has 0 fully saturated rings. The van der Waals surface area contributed by atoms with Crippen molar-refractivity contribution in [2.24, 2.45) is 0 Å². The molecular weight excluding hydrogens is 345 g/mol. The molecule has 4 rings (SSSR count). The van der Waals surface area contributed by atoms with Crippen molar-refractivity contribution in [2.45, 2.75) is 20.8 Å². The summed E-state index contributed by atoms with van der Waals surface area (Å²) in [5, 5.41) is 6.20. The van der Waals surface area contributed by atoms with Gasteiger partial charge in [-0.3, -0.25) is 0 Å². The molecular formula is C20H18FN5O. The molecule has 7 heteroatoms. The molecule has 0 aliphatic heterocycles. The fourth-order valence-electron chi connectivity index (χ4n) is 2.70. The molecule has 4 aromatic rings. The number of halogens is 1. The molecule has 0 aliphatic carbocycles. The summed E-state index contributed by atoms with van der Waals surface area (Å²) in [7, 11) is 0. The minimum atomic E-state index is -0.340. The van der Waals surface area contributed by atoms with Gasteiger partial charge in [0.2, 0.25) is 5.95 Å². The highest BCUT2D eigenvalue weighted by molar-refractivity contribution is 5.78. The molecule has 27 heavy (non-hydrogen) atoms. The normalized spacial score (nSPS) is 11.0. The fraction of sp³-hybridized carbons (Fsp3) is 0.150. The topological polar surface area (TPSA) is 75.9 Å². The number of nitrogens with one attached hydrogen (secondary N) is 2. The van der Waals surface area contributed by atoms with Gasteiger partial charge in [0.25, 0.3) is 0 Å². The molecule has 0 bridgehead atoms. The van der Waals surface area contributed by atoms with Gasteiger partial charge in [-0.1, -0.05) is 0 Å². The number of aromatic nitrogens is 3. The quantitative estimate of drug-likeness (QED) is 0.521. The predicted octanol–water partition coefficient (Wildman–Crippen LogP) is 5.17. The van der Waals surface area contributed by atoms with E-state index in [1.54, 1.807) is 12.3 Å². The first-order chi connectivity index (χ1) is 13.0. The average Bonchev–Trinajstić information content (AvgIpc) is 3.10. The number of nitrogens with zero attached hydrogens (tertiary/aromatic N) is 3. The monoisotopic (exact) mass is 363 g/mol. The van der Waals surface area contributed by atoms with Gasteiger partial charge in [-0.25, -0.2) is 14.4 Å². The summed E-state index contributed by atoms with van der Waals surface area (Å²) >= 11 is 0. The van der Waals surface area contributed by atoms with Gasteiger partial charge in [-0.05, 0) is 62.2 Å². The van der Waals surface area contributed by atoms with E-state index in [2.05, 4.69) is 25.6 Å². The molecule has 0 spiro atoms. The summed E-state index contributed by atoms with van der Waals surface area (Å²) in [6.07, 6.45) is 3.09. The highest BCUT2D eigenvalue weighted by Crippen LogP contribution is 2.25. The maximum Gasteiger partial charge on any atom is 0.229 e. The molecule has 0 amide bonds. The Morgan fingerprint density at radius 3 is 2.59 bits per heavy atom. The van der Waals surface area contributed by atoms with Gasteiger partial charge < -0.3 is 15.1 Å². The molecule has 2 N–H and O–H groups in total. The van der Waals surface area contributed by atoms with Crippen LogP contribution in [0.3, 0.4) is 0 Å². The van der Waals surface area contributed by atoms with E-state index in [1.807, 2.05) is 39.0 Å². The van der Waals surface area contributed by atoms with Crippen LogP contribution in [0.2, 0.25) is 0 Å². The van der Waals surface area contributed by atoms with Crippen molar-refractivity contribution in [1.29, 1.82) is 0 Å². The molecule has 0 aliphatic rings. The highest BCUT2D eigenvalue weighted by atomic mass is 19.1. The third-order valence-electron chi connectivity index (χ3n) is 4.39. The summed E-state index contributed by atoms with van der Waals surface area (Å²) in [6, 6.07) is 8.84. The average molecular weight is 363 g/mol. The lowest BCUT2D eigenvalue weighted by molar-refractivity contribution is 0.602. The Kier molecular flexibility index (Phi) is 4.19. The zero-order valence-corrected chi connectivity index (χ0v) is 15.2. The van der Waals surface area contributed by atoms with Crippen LogP contribution in [0, 0.1) is 26.6 Å². The van der Waals surface area contributed by atoms with E-state index in [0.29, 0.717) is 23.0 Å². The predicted molar refractivity (Wildman–Crippen MR) is 103 cm³/mol. The van der Waals surface area contributed by atoms with Crippen LogP contribution in [0.1, 0.15) is 16.7 Å². The van der Waals surface area contributed by atoms with E-state index < -0.39 is 0 Å². The van der Waals surface area contributed by atoms with Crippen molar-refractivity contribution in [3.8, 4) is 0 Å². The largest absolute Gasteiger partial charge is 0.443 e. The fourth-order valence-corrected chi connectivity index (χ4v) is 2.70. The van der Waals surface area contributed by atoms with Crippen LogP contribution in [0.15, 0.2) is 47.3 Å². The van der Waals surface area contributed by atoms with Gasteiger partial charge in [0.15, 0.2) is 12.0 Å². The van der Waals surface area contributed by atoms with Crippen molar-refractivity contribution in [2.75, 3.05) is 10.6 Å². The van der Waals surface area contributed by atoms with Gasteiger partial charge in [0.1, 0.15) is 17.2 Å². The Balaban J connectivity index is 1.62. The zero-order valence-electron chi connectivity index (χ0n) is 15.2. The maximum absolute atomic E-state index is 14.2. The first-order valence-corrected chi connectivity index (χ1v) is 8.47. The van der Waals surface area contributed by atoms with E-state index in [0.717, 1.165) is 27.9 Å². The molecule has 2 aromatic carbocycles. The van der Waals surface area contributed by atoms with Crippen molar-refractivity contribution >= 4 is 34.2 Å². The summed E-state index contributed by atoms with van der Waals surface area (Å²) in [5.41, 5.74) is 5.38. The number of hydrogen-bond acceptors (Lipinski definition) is 6. The van der Waals surface area contributed by atoms with Gasteiger partial charge in [-0.2, -0.15) is 4.98 Å². The second kappa shape index (κ2) is 6.68. The molecule has 2 heterocycles.